The molecule has 0 radical (unpaired) electrons. The van der Waals surface area contributed by atoms with E-state index in [0.717, 1.165) is 6.42 Å². The third kappa shape index (κ3) is 4.43. The van der Waals surface area contributed by atoms with E-state index in [9.17, 15) is 13.2 Å². The van der Waals surface area contributed by atoms with Gasteiger partial charge < -0.3 is 10.5 Å². The van der Waals surface area contributed by atoms with E-state index in [0.29, 0.717) is 6.54 Å². The minimum Gasteiger partial charge on any atom is -0.446 e. The second kappa shape index (κ2) is 5.85. The molecule has 0 saturated carbocycles. The van der Waals surface area contributed by atoms with Crippen LogP contribution in [0.2, 0.25) is 0 Å². The fraction of sp³-hybridized carbons (Fsp3) is 0.900. The smallest absolute Gasteiger partial charge is 0.422 e. The molecule has 1 rings (SSSR count). The Kier molecular flexibility index (Phi) is 4.94. The Morgan fingerprint density at radius 1 is 1.44 bits per heavy atom. The lowest BCUT2D eigenvalue weighted by Crippen LogP contribution is -2.53. The number of carbonyl (C=O) groups excluding carboxylic acids is 1. The van der Waals surface area contributed by atoms with Crippen molar-refractivity contribution in [1.29, 1.82) is 0 Å². The maximum Gasteiger partial charge on any atom is 0.422 e. The number of ether oxygens (including phenoxy) is 1. The molecule has 1 saturated heterocycles. The van der Waals surface area contributed by atoms with Gasteiger partial charge >= 0.3 is 16.3 Å². The van der Waals surface area contributed by atoms with Crippen molar-refractivity contribution in [1.82, 2.24) is 9.03 Å². The molecule has 0 aromatic heterocycles. The summed E-state index contributed by atoms with van der Waals surface area (Å²) >= 11 is 0. The molecule has 0 bridgehead atoms. The van der Waals surface area contributed by atoms with Gasteiger partial charge in [-0.25, -0.2) is 9.52 Å². The molecule has 1 amide bonds. The number of hydrogen-bond acceptors (Lipinski definition) is 5. The standard InChI is InChI=1S/C10H21N3O4S/c1-7(2)17-10(14)12-18(15,16)13-5-8(3)4-9(11)6-13/h7-9H,4-6,11H2,1-3H3,(H,12,14). The first-order chi connectivity index (χ1) is 8.20. The van der Waals surface area contributed by atoms with Crippen molar-refractivity contribution in [3.63, 3.8) is 0 Å². The molecule has 1 fully saturated rings. The topological polar surface area (TPSA) is 102 Å². The minimum atomic E-state index is -3.87. The zero-order valence-corrected chi connectivity index (χ0v) is 11.7. The van der Waals surface area contributed by atoms with Gasteiger partial charge in [0.1, 0.15) is 0 Å². The molecule has 0 aromatic carbocycles. The third-order valence-corrected chi connectivity index (χ3v) is 3.96. The van der Waals surface area contributed by atoms with E-state index in [4.69, 9.17) is 10.5 Å². The molecule has 0 spiro atoms. The lowest BCUT2D eigenvalue weighted by atomic mass is 9.99. The lowest BCUT2D eigenvalue weighted by molar-refractivity contribution is 0.120. The molecule has 106 valence electrons. The Labute approximate surface area is 108 Å². The van der Waals surface area contributed by atoms with Crippen molar-refractivity contribution in [3.8, 4) is 0 Å². The number of nitrogens with two attached hydrogens (primary N) is 1. The van der Waals surface area contributed by atoms with E-state index in [2.05, 4.69) is 0 Å². The Bertz CT molecular complexity index is 386. The summed E-state index contributed by atoms with van der Waals surface area (Å²) in [7, 11) is -3.87. The Morgan fingerprint density at radius 2 is 2.06 bits per heavy atom. The molecule has 3 N–H and O–H groups in total. The highest BCUT2D eigenvalue weighted by Crippen LogP contribution is 2.17. The van der Waals surface area contributed by atoms with E-state index in [1.165, 1.54) is 4.31 Å². The number of nitrogens with one attached hydrogen (secondary N) is 1. The first-order valence-corrected chi connectivity index (χ1v) is 7.38. The summed E-state index contributed by atoms with van der Waals surface area (Å²) in [6, 6.07) is -0.202. The summed E-state index contributed by atoms with van der Waals surface area (Å²) in [4.78, 5) is 11.3. The molecule has 0 aliphatic carbocycles. The summed E-state index contributed by atoms with van der Waals surface area (Å²) in [6.45, 7) is 5.79. The normalized spacial score (nSPS) is 26.1. The second-order valence-corrected chi connectivity index (χ2v) is 6.65. The first-order valence-electron chi connectivity index (χ1n) is 5.94. The van der Waals surface area contributed by atoms with Crippen LogP contribution in [0.4, 0.5) is 4.79 Å². The van der Waals surface area contributed by atoms with Crippen LogP contribution < -0.4 is 10.5 Å². The van der Waals surface area contributed by atoms with Crippen LogP contribution in [0.3, 0.4) is 0 Å². The van der Waals surface area contributed by atoms with Gasteiger partial charge in [0.25, 0.3) is 0 Å². The van der Waals surface area contributed by atoms with Crippen molar-refractivity contribution < 1.29 is 17.9 Å². The van der Waals surface area contributed by atoms with Gasteiger partial charge in [0, 0.05) is 19.1 Å². The predicted molar refractivity (Wildman–Crippen MR) is 67.0 cm³/mol. The fourth-order valence-electron chi connectivity index (χ4n) is 1.95. The van der Waals surface area contributed by atoms with Crippen molar-refractivity contribution in [2.24, 2.45) is 11.7 Å². The van der Waals surface area contributed by atoms with Crippen molar-refractivity contribution in [2.45, 2.75) is 39.3 Å². The molecular weight excluding hydrogens is 258 g/mol. The predicted octanol–water partition coefficient (Wildman–Crippen LogP) is 0.0349. The SMILES string of the molecule is CC1CC(N)CN(S(=O)(=O)NC(=O)OC(C)C)C1. The van der Waals surface area contributed by atoms with E-state index < -0.39 is 16.3 Å². The third-order valence-electron chi connectivity index (χ3n) is 2.55. The van der Waals surface area contributed by atoms with E-state index in [-0.39, 0.29) is 24.6 Å². The number of carbonyl (C=O) groups is 1. The monoisotopic (exact) mass is 279 g/mol. The quantitative estimate of drug-likeness (QED) is 0.759. The summed E-state index contributed by atoms with van der Waals surface area (Å²) in [5, 5.41) is 0. The van der Waals surface area contributed by atoms with Crippen LogP contribution in [0.15, 0.2) is 0 Å². The van der Waals surface area contributed by atoms with E-state index >= 15 is 0 Å². The molecule has 8 heteroatoms. The molecule has 2 atom stereocenters. The van der Waals surface area contributed by atoms with Crippen LogP contribution in [0.25, 0.3) is 0 Å². The Balaban J connectivity index is 2.65. The summed E-state index contributed by atoms with van der Waals surface area (Å²) in [5.74, 6) is 0.173. The molecule has 2 unspecified atom stereocenters. The number of piperidine rings is 1. The van der Waals surface area contributed by atoms with Gasteiger partial charge in [0.15, 0.2) is 0 Å². The number of amides is 1. The summed E-state index contributed by atoms with van der Waals surface area (Å²) in [5.41, 5.74) is 5.77. The highest BCUT2D eigenvalue weighted by Gasteiger charge is 2.32. The largest absolute Gasteiger partial charge is 0.446 e. The highest BCUT2D eigenvalue weighted by atomic mass is 32.2. The average Bonchev–Trinajstić information content (AvgIpc) is 2.13. The Hall–Kier alpha value is -0.860. The van der Waals surface area contributed by atoms with Gasteiger partial charge in [-0.3, -0.25) is 0 Å². The zero-order valence-electron chi connectivity index (χ0n) is 10.9. The first kappa shape index (κ1) is 15.2. The van der Waals surface area contributed by atoms with Crippen molar-refractivity contribution in [3.05, 3.63) is 0 Å². The molecule has 1 aliphatic rings. The van der Waals surface area contributed by atoms with Crippen LogP contribution in [-0.2, 0) is 14.9 Å². The van der Waals surface area contributed by atoms with Crippen LogP contribution in [-0.4, -0.2) is 44.1 Å². The summed E-state index contributed by atoms with van der Waals surface area (Å²) in [6.07, 6.45) is -0.554. The van der Waals surface area contributed by atoms with E-state index in [1.807, 2.05) is 11.6 Å². The lowest BCUT2D eigenvalue weighted by Gasteiger charge is -2.33. The van der Waals surface area contributed by atoms with Crippen molar-refractivity contribution in [2.75, 3.05) is 13.1 Å². The molecule has 18 heavy (non-hydrogen) atoms. The minimum absolute atomic E-state index is 0.173. The maximum atomic E-state index is 11.9. The van der Waals surface area contributed by atoms with Gasteiger partial charge in [-0.05, 0) is 26.2 Å². The molecule has 1 aliphatic heterocycles. The highest BCUT2D eigenvalue weighted by molar-refractivity contribution is 7.87. The molecule has 1 heterocycles. The Morgan fingerprint density at radius 3 is 2.56 bits per heavy atom. The molecular formula is C10H21N3O4S. The molecule has 7 nitrogen and oxygen atoms in total. The van der Waals surface area contributed by atoms with Gasteiger partial charge in [-0.2, -0.15) is 12.7 Å². The molecule has 0 aromatic rings. The average molecular weight is 279 g/mol. The van der Waals surface area contributed by atoms with Gasteiger partial charge in [-0.1, -0.05) is 6.92 Å². The maximum absolute atomic E-state index is 11.9. The number of hydrogen-bond donors (Lipinski definition) is 2. The number of rotatable bonds is 3. The van der Waals surface area contributed by atoms with Gasteiger partial charge in [0.05, 0.1) is 6.10 Å². The van der Waals surface area contributed by atoms with Crippen LogP contribution in [0.5, 0.6) is 0 Å². The van der Waals surface area contributed by atoms with Crippen LogP contribution >= 0.6 is 0 Å². The van der Waals surface area contributed by atoms with Crippen LogP contribution in [0.1, 0.15) is 27.2 Å². The van der Waals surface area contributed by atoms with Gasteiger partial charge in [0.2, 0.25) is 0 Å². The van der Waals surface area contributed by atoms with Crippen molar-refractivity contribution >= 4 is 16.3 Å². The zero-order chi connectivity index (χ0) is 13.9. The van der Waals surface area contributed by atoms with Gasteiger partial charge in [-0.15, -0.1) is 0 Å². The second-order valence-electron chi connectivity index (χ2n) is 4.98. The van der Waals surface area contributed by atoms with E-state index in [1.54, 1.807) is 13.8 Å². The fourth-order valence-corrected chi connectivity index (χ4v) is 3.18. The number of nitrogens with zero attached hydrogens (tertiary/aromatic N) is 1. The summed E-state index contributed by atoms with van der Waals surface area (Å²) < 4.78 is 31.7. The van der Waals surface area contributed by atoms with Crippen LogP contribution in [0, 0.1) is 5.92 Å².